The van der Waals surface area contributed by atoms with E-state index in [4.69, 9.17) is 14.8 Å². The summed E-state index contributed by atoms with van der Waals surface area (Å²) in [5.41, 5.74) is 5.57. The van der Waals surface area contributed by atoms with E-state index in [0.717, 1.165) is 6.42 Å². The fourth-order valence-electron chi connectivity index (χ4n) is 0.799. The molecule has 0 aliphatic carbocycles. The molecule has 0 aliphatic rings. The third-order valence-electron chi connectivity index (χ3n) is 1.50. The Morgan fingerprint density at radius 2 is 1.91 bits per heavy atom. The van der Waals surface area contributed by atoms with Crippen molar-refractivity contribution in [3.05, 3.63) is 0 Å². The van der Waals surface area contributed by atoms with E-state index in [1.165, 1.54) is 14.2 Å². The molecule has 0 aromatic carbocycles. The van der Waals surface area contributed by atoms with Crippen LogP contribution in [-0.4, -0.2) is 20.0 Å². The third kappa shape index (κ3) is 2.91. The van der Waals surface area contributed by atoms with Crippen LogP contribution in [0.4, 0.5) is 0 Å². The minimum Gasteiger partial charge on any atom is -0.318 e. The van der Waals surface area contributed by atoms with Crippen LogP contribution in [0, 0.1) is 0 Å². The minimum absolute atomic E-state index is 0.498. The number of hydrogen-bond acceptors (Lipinski definition) is 4. The van der Waals surface area contributed by atoms with Gasteiger partial charge in [0.05, 0.1) is 0 Å². The monoisotopic (exact) mass is 181 g/mol. The molecule has 68 valence electrons. The lowest BCUT2D eigenvalue weighted by Gasteiger charge is -2.19. The molecule has 0 saturated carbocycles. The molecule has 0 heterocycles. The SMILES string of the molecule is CCCC(N)P(=O)(OC)OC. The smallest absolute Gasteiger partial charge is 0.318 e. The molecule has 0 rings (SSSR count). The van der Waals surface area contributed by atoms with Crippen molar-refractivity contribution >= 4 is 7.60 Å². The van der Waals surface area contributed by atoms with Gasteiger partial charge in [-0.15, -0.1) is 0 Å². The molecular formula is C6H16NO3P. The van der Waals surface area contributed by atoms with Crippen LogP contribution in [0.5, 0.6) is 0 Å². The first-order valence-electron chi connectivity index (χ1n) is 3.57. The predicted octanol–water partition coefficient (Wildman–Crippen LogP) is 1.56. The van der Waals surface area contributed by atoms with Crippen LogP contribution < -0.4 is 5.73 Å². The first-order valence-corrected chi connectivity index (χ1v) is 5.18. The topological polar surface area (TPSA) is 61.6 Å². The minimum atomic E-state index is -3.01. The van der Waals surface area contributed by atoms with Gasteiger partial charge in [0.15, 0.2) is 0 Å². The average molecular weight is 181 g/mol. The zero-order valence-electron chi connectivity index (χ0n) is 7.24. The molecule has 11 heavy (non-hydrogen) atoms. The highest BCUT2D eigenvalue weighted by Gasteiger charge is 2.29. The Morgan fingerprint density at radius 1 is 1.45 bits per heavy atom. The Morgan fingerprint density at radius 3 is 2.18 bits per heavy atom. The molecule has 4 nitrogen and oxygen atoms in total. The zero-order valence-corrected chi connectivity index (χ0v) is 8.14. The average Bonchev–Trinajstić information content (AvgIpc) is 2.03. The summed E-state index contributed by atoms with van der Waals surface area (Å²) in [6.07, 6.45) is 1.52. The highest BCUT2D eigenvalue weighted by Crippen LogP contribution is 2.50. The molecule has 0 spiro atoms. The van der Waals surface area contributed by atoms with Crippen LogP contribution in [0.1, 0.15) is 19.8 Å². The van der Waals surface area contributed by atoms with E-state index in [9.17, 15) is 4.57 Å². The summed E-state index contributed by atoms with van der Waals surface area (Å²) in [6.45, 7) is 1.97. The van der Waals surface area contributed by atoms with E-state index in [0.29, 0.717) is 6.42 Å². The van der Waals surface area contributed by atoms with Gasteiger partial charge in [0.1, 0.15) is 5.78 Å². The standard InChI is InChI=1S/C6H16NO3P/c1-4-5-6(7)11(8,9-2)10-3/h6H,4-5,7H2,1-3H3. The van der Waals surface area contributed by atoms with Crippen LogP contribution in [0.25, 0.3) is 0 Å². The van der Waals surface area contributed by atoms with Gasteiger partial charge >= 0.3 is 7.60 Å². The number of rotatable bonds is 5. The summed E-state index contributed by atoms with van der Waals surface area (Å²) in [4.78, 5) is 0. The van der Waals surface area contributed by atoms with Gasteiger partial charge < -0.3 is 14.8 Å². The van der Waals surface area contributed by atoms with Crippen molar-refractivity contribution in [3.63, 3.8) is 0 Å². The molecule has 1 atom stereocenters. The molecule has 0 aromatic heterocycles. The molecule has 2 N–H and O–H groups in total. The molecule has 0 aliphatic heterocycles. The second-order valence-corrected chi connectivity index (χ2v) is 4.73. The van der Waals surface area contributed by atoms with Crippen LogP contribution in [0.2, 0.25) is 0 Å². The summed E-state index contributed by atoms with van der Waals surface area (Å²) in [6, 6.07) is 0. The van der Waals surface area contributed by atoms with Gasteiger partial charge in [0.2, 0.25) is 0 Å². The maximum atomic E-state index is 11.5. The molecule has 0 fully saturated rings. The van der Waals surface area contributed by atoms with Crippen LogP contribution in [-0.2, 0) is 13.6 Å². The van der Waals surface area contributed by atoms with Crippen molar-refractivity contribution in [3.8, 4) is 0 Å². The van der Waals surface area contributed by atoms with Gasteiger partial charge in [-0.05, 0) is 6.42 Å². The molecule has 0 saturated heterocycles. The molecule has 0 aromatic rings. The van der Waals surface area contributed by atoms with Crippen LogP contribution in [0.15, 0.2) is 0 Å². The van der Waals surface area contributed by atoms with Gasteiger partial charge in [-0.2, -0.15) is 0 Å². The molecule has 0 bridgehead atoms. The Bertz CT molecular complexity index is 143. The molecule has 0 amide bonds. The number of hydrogen-bond donors (Lipinski definition) is 1. The Hall–Kier alpha value is 0.110. The lowest BCUT2D eigenvalue weighted by Crippen LogP contribution is -2.21. The lowest BCUT2D eigenvalue weighted by atomic mass is 10.3. The quantitative estimate of drug-likeness (QED) is 0.654. The van der Waals surface area contributed by atoms with Crippen LogP contribution >= 0.6 is 7.60 Å². The summed E-state index contributed by atoms with van der Waals surface area (Å²) in [7, 11) is -0.317. The summed E-state index contributed by atoms with van der Waals surface area (Å²) in [5, 5.41) is 0. The van der Waals surface area contributed by atoms with E-state index >= 15 is 0 Å². The van der Waals surface area contributed by atoms with E-state index < -0.39 is 13.4 Å². The fourth-order valence-corrected chi connectivity index (χ4v) is 2.06. The van der Waals surface area contributed by atoms with Crippen molar-refractivity contribution in [1.29, 1.82) is 0 Å². The first-order chi connectivity index (χ1) is 5.10. The summed E-state index contributed by atoms with van der Waals surface area (Å²) in [5.74, 6) is -0.498. The van der Waals surface area contributed by atoms with E-state index in [2.05, 4.69) is 0 Å². The molecule has 0 radical (unpaired) electrons. The molecular weight excluding hydrogens is 165 g/mol. The van der Waals surface area contributed by atoms with Gasteiger partial charge in [0, 0.05) is 14.2 Å². The van der Waals surface area contributed by atoms with Gasteiger partial charge in [-0.25, -0.2) is 0 Å². The van der Waals surface area contributed by atoms with Gasteiger partial charge in [-0.3, -0.25) is 4.57 Å². The van der Waals surface area contributed by atoms with Crippen molar-refractivity contribution in [2.75, 3.05) is 14.2 Å². The van der Waals surface area contributed by atoms with E-state index in [1.807, 2.05) is 6.92 Å². The molecule has 1 unspecified atom stereocenters. The first kappa shape index (κ1) is 11.1. The largest absolute Gasteiger partial charge is 0.346 e. The summed E-state index contributed by atoms with van der Waals surface area (Å²) < 4.78 is 20.9. The normalized spacial score (nSPS) is 14.9. The van der Waals surface area contributed by atoms with Crippen molar-refractivity contribution in [2.24, 2.45) is 5.73 Å². The Labute approximate surface area is 67.6 Å². The zero-order chi connectivity index (χ0) is 8.91. The Balaban J connectivity index is 4.13. The highest BCUT2D eigenvalue weighted by molar-refractivity contribution is 7.54. The van der Waals surface area contributed by atoms with Crippen molar-refractivity contribution in [1.82, 2.24) is 0 Å². The second kappa shape index (κ2) is 4.88. The fraction of sp³-hybridized carbons (Fsp3) is 1.00. The van der Waals surface area contributed by atoms with Crippen LogP contribution in [0.3, 0.4) is 0 Å². The summed E-state index contributed by atoms with van der Waals surface area (Å²) >= 11 is 0. The van der Waals surface area contributed by atoms with E-state index in [1.54, 1.807) is 0 Å². The maximum Gasteiger partial charge on any atom is 0.346 e. The predicted molar refractivity (Wildman–Crippen MR) is 44.5 cm³/mol. The van der Waals surface area contributed by atoms with Gasteiger partial charge in [0.25, 0.3) is 0 Å². The molecule has 5 heteroatoms. The number of nitrogens with two attached hydrogens (primary N) is 1. The Kier molecular flexibility index (Phi) is 4.93. The van der Waals surface area contributed by atoms with Gasteiger partial charge in [-0.1, -0.05) is 13.3 Å². The second-order valence-electron chi connectivity index (χ2n) is 2.26. The van der Waals surface area contributed by atoms with Crippen molar-refractivity contribution in [2.45, 2.75) is 25.5 Å². The van der Waals surface area contributed by atoms with Crippen molar-refractivity contribution < 1.29 is 13.6 Å². The highest BCUT2D eigenvalue weighted by atomic mass is 31.2. The maximum absolute atomic E-state index is 11.5. The third-order valence-corrected chi connectivity index (χ3v) is 3.59. The lowest BCUT2D eigenvalue weighted by molar-refractivity contribution is 0.264. The van der Waals surface area contributed by atoms with E-state index in [-0.39, 0.29) is 0 Å².